The first-order chi connectivity index (χ1) is 12.6. The monoisotopic (exact) mass is 510 g/mol. The molecule has 1 atom stereocenters. The van der Waals surface area contributed by atoms with Gasteiger partial charge in [-0.15, -0.1) is 24.0 Å². The van der Waals surface area contributed by atoms with Crippen LogP contribution in [-0.2, 0) is 4.74 Å². The second kappa shape index (κ2) is 10.8. The molecule has 0 aromatic heterocycles. The highest BCUT2D eigenvalue weighted by Crippen LogP contribution is 2.15. The van der Waals surface area contributed by atoms with Gasteiger partial charge < -0.3 is 20.7 Å². The zero-order valence-electron chi connectivity index (χ0n) is 18.3. The molecule has 8 nitrogen and oxygen atoms in total. The summed E-state index contributed by atoms with van der Waals surface area (Å²) in [6.45, 7) is 19.5. The van der Waals surface area contributed by atoms with E-state index in [1.165, 1.54) is 13.1 Å². The van der Waals surface area contributed by atoms with Gasteiger partial charge in [0.15, 0.2) is 5.96 Å². The van der Waals surface area contributed by atoms with E-state index in [4.69, 9.17) is 4.74 Å². The summed E-state index contributed by atoms with van der Waals surface area (Å²) < 4.78 is 5.34. The van der Waals surface area contributed by atoms with E-state index in [9.17, 15) is 4.79 Å². The summed E-state index contributed by atoms with van der Waals surface area (Å²) in [6.07, 6.45) is -0.416. The Balaban J connectivity index is 0.00000392. The zero-order chi connectivity index (χ0) is 20.1. The van der Waals surface area contributed by atoms with Gasteiger partial charge in [-0.1, -0.05) is 0 Å². The van der Waals surface area contributed by atoms with E-state index in [1.807, 2.05) is 34.6 Å². The zero-order valence-corrected chi connectivity index (χ0v) is 20.6. The van der Waals surface area contributed by atoms with Crippen LogP contribution in [0.2, 0.25) is 0 Å². The highest BCUT2D eigenvalue weighted by molar-refractivity contribution is 14.0. The maximum absolute atomic E-state index is 12.0. The third-order valence-electron chi connectivity index (χ3n) is 4.71. The topological polar surface area (TPSA) is 81.2 Å². The molecule has 0 aromatic rings. The molecule has 0 spiro atoms. The van der Waals surface area contributed by atoms with Crippen molar-refractivity contribution in [1.82, 2.24) is 25.8 Å². The van der Waals surface area contributed by atoms with Crippen LogP contribution >= 0.6 is 24.0 Å². The van der Waals surface area contributed by atoms with E-state index < -0.39 is 17.2 Å². The van der Waals surface area contributed by atoms with Crippen LogP contribution in [0.5, 0.6) is 0 Å². The van der Waals surface area contributed by atoms with Gasteiger partial charge in [0.2, 0.25) is 0 Å². The number of hydrogen-bond acceptors (Lipinski definition) is 5. The molecule has 0 aromatic carbocycles. The van der Waals surface area contributed by atoms with Crippen molar-refractivity contribution in [1.29, 1.82) is 0 Å². The van der Waals surface area contributed by atoms with Gasteiger partial charge in [-0.3, -0.25) is 14.8 Å². The number of fused-ring (bicyclic) bond motifs is 3. The van der Waals surface area contributed by atoms with Crippen molar-refractivity contribution in [3.8, 4) is 0 Å². The van der Waals surface area contributed by atoms with Crippen molar-refractivity contribution in [3.63, 3.8) is 0 Å². The lowest BCUT2D eigenvalue weighted by Crippen LogP contribution is -2.63. The average molecular weight is 510 g/mol. The van der Waals surface area contributed by atoms with Crippen molar-refractivity contribution in [2.45, 2.75) is 58.7 Å². The van der Waals surface area contributed by atoms with Crippen molar-refractivity contribution in [2.75, 3.05) is 52.4 Å². The normalized spacial score (nSPS) is 24.9. The second-order valence-electron chi connectivity index (χ2n) is 9.08. The number of ether oxygens (including phenoxy) is 1. The van der Waals surface area contributed by atoms with E-state index in [2.05, 4.69) is 37.7 Å². The number of amides is 1. The molecule has 28 heavy (non-hydrogen) atoms. The van der Waals surface area contributed by atoms with Gasteiger partial charge in [-0.05, 0) is 41.5 Å². The molecule has 3 heterocycles. The minimum Gasteiger partial charge on any atom is -0.444 e. The van der Waals surface area contributed by atoms with Crippen LogP contribution in [0.4, 0.5) is 4.79 Å². The first kappa shape index (κ1) is 25.2. The fraction of sp³-hybridized carbons (Fsp3) is 0.895. The molecular formula is C19H39IN6O2. The summed E-state index contributed by atoms with van der Waals surface area (Å²) in [7, 11) is 0. The number of alkyl carbamates (subject to hydrolysis) is 1. The molecule has 3 aliphatic heterocycles. The third-order valence-corrected chi connectivity index (χ3v) is 4.71. The summed E-state index contributed by atoms with van der Waals surface area (Å²) in [6, 6.07) is 0.532. The number of rotatable bonds is 6. The summed E-state index contributed by atoms with van der Waals surface area (Å²) in [5.74, 6) is 0.786. The van der Waals surface area contributed by atoms with Crippen molar-refractivity contribution >= 4 is 36.0 Å². The summed E-state index contributed by atoms with van der Waals surface area (Å²) in [4.78, 5) is 21.8. The number of nitrogens with zero attached hydrogens (tertiary/aromatic N) is 3. The van der Waals surface area contributed by atoms with E-state index in [0.29, 0.717) is 12.6 Å². The van der Waals surface area contributed by atoms with Gasteiger partial charge in [-0.25, -0.2) is 4.79 Å². The Kier molecular flexibility index (Phi) is 9.75. The molecule has 3 fully saturated rings. The summed E-state index contributed by atoms with van der Waals surface area (Å²) in [5.41, 5.74) is -1.01. The highest BCUT2D eigenvalue weighted by Gasteiger charge is 2.31. The Morgan fingerprint density at radius 2 is 1.75 bits per heavy atom. The van der Waals surface area contributed by atoms with Crippen LogP contribution in [0.3, 0.4) is 0 Å². The lowest BCUT2D eigenvalue weighted by molar-refractivity contribution is 0.0154. The minimum atomic E-state index is -0.509. The van der Waals surface area contributed by atoms with Crippen molar-refractivity contribution < 1.29 is 9.53 Å². The van der Waals surface area contributed by atoms with Gasteiger partial charge in [0.25, 0.3) is 0 Å². The Morgan fingerprint density at radius 1 is 1.11 bits per heavy atom. The van der Waals surface area contributed by atoms with Crippen LogP contribution in [0.1, 0.15) is 41.5 Å². The molecule has 3 N–H and O–H groups in total. The van der Waals surface area contributed by atoms with Crippen molar-refractivity contribution in [3.05, 3.63) is 0 Å². The fourth-order valence-corrected chi connectivity index (χ4v) is 3.37. The van der Waals surface area contributed by atoms with Gasteiger partial charge >= 0.3 is 6.09 Å². The van der Waals surface area contributed by atoms with Gasteiger partial charge in [0.1, 0.15) is 5.60 Å². The van der Waals surface area contributed by atoms with Crippen LogP contribution in [0.15, 0.2) is 4.99 Å². The Labute approximate surface area is 187 Å². The van der Waals surface area contributed by atoms with E-state index in [0.717, 1.165) is 38.7 Å². The Hall–Kier alpha value is -0.810. The van der Waals surface area contributed by atoms with Gasteiger partial charge in [-0.2, -0.15) is 0 Å². The molecule has 2 bridgehead atoms. The molecule has 9 heteroatoms. The largest absolute Gasteiger partial charge is 0.444 e. The number of hydrogen-bond donors (Lipinski definition) is 3. The number of aliphatic imine (C=N–C) groups is 1. The number of guanidine groups is 1. The van der Waals surface area contributed by atoms with E-state index >= 15 is 0 Å². The molecule has 0 saturated carbocycles. The van der Waals surface area contributed by atoms with Crippen molar-refractivity contribution in [2.24, 2.45) is 4.99 Å². The van der Waals surface area contributed by atoms with Gasteiger partial charge in [0, 0.05) is 51.9 Å². The second-order valence-corrected chi connectivity index (χ2v) is 9.08. The van der Waals surface area contributed by atoms with Crippen LogP contribution in [-0.4, -0.2) is 91.4 Å². The fourth-order valence-electron chi connectivity index (χ4n) is 3.37. The molecule has 1 amide bonds. The number of carbonyl (C=O) groups is 1. The first-order valence-electron chi connectivity index (χ1n) is 10.1. The minimum absolute atomic E-state index is 0. The van der Waals surface area contributed by atoms with E-state index in [-0.39, 0.29) is 24.0 Å². The molecule has 164 valence electrons. The molecular weight excluding hydrogens is 471 g/mol. The predicted octanol–water partition coefficient (Wildman–Crippen LogP) is 1.46. The predicted molar refractivity (Wildman–Crippen MR) is 125 cm³/mol. The van der Waals surface area contributed by atoms with Crippen LogP contribution in [0.25, 0.3) is 0 Å². The lowest BCUT2D eigenvalue weighted by Gasteiger charge is -2.47. The van der Waals surface area contributed by atoms with Crippen LogP contribution < -0.4 is 16.0 Å². The maximum atomic E-state index is 12.0. The van der Waals surface area contributed by atoms with E-state index in [1.54, 1.807) is 0 Å². The number of nitrogens with one attached hydrogen (secondary N) is 3. The molecule has 3 rings (SSSR count). The highest BCUT2D eigenvalue weighted by atomic mass is 127. The Bertz CT molecular complexity index is 527. The SMILES string of the molecule is CCNC(=NCC(C)(C)NC(=O)OC(C)(C)C)NCC1CN2CCN1CC2.I. The first-order valence-corrected chi connectivity index (χ1v) is 10.1. The molecule has 0 radical (unpaired) electrons. The molecule has 3 saturated heterocycles. The summed E-state index contributed by atoms with van der Waals surface area (Å²) >= 11 is 0. The van der Waals surface area contributed by atoms with Crippen LogP contribution in [0, 0.1) is 0 Å². The molecule has 0 aliphatic carbocycles. The smallest absolute Gasteiger partial charge is 0.408 e. The van der Waals surface area contributed by atoms with Gasteiger partial charge in [0.05, 0.1) is 12.1 Å². The Morgan fingerprint density at radius 3 is 2.25 bits per heavy atom. The number of piperazine rings is 3. The summed E-state index contributed by atoms with van der Waals surface area (Å²) in [5, 5.41) is 9.66. The third kappa shape index (κ3) is 8.69. The lowest BCUT2D eigenvalue weighted by atomic mass is 10.1. The standard InChI is InChI=1S/C19H38N6O2.HI/c1-7-20-16(21-12-15-13-24-8-10-25(15)11-9-24)22-14-19(5,6)23-17(26)27-18(2,3)4;/h15H,7-14H2,1-6H3,(H,23,26)(H2,20,21,22);1H. The number of carbonyl (C=O) groups excluding carboxylic acids is 1. The average Bonchev–Trinajstić information content (AvgIpc) is 2.56. The molecule has 3 aliphatic rings. The maximum Gasteiger partial charge on any atom is 0.408 e. The molecule has 1 unspecified atom stereocenters. The quantitative estimate of drug-likeness (QED) is 0.285. The number of halogens is 1.